The van der Waals surface area contributed by atoms with E-state index in [-0.39, 0.29) is 6.04 Å². The molecule has 0 aromatic heterocycles. The van der Waals surface area contributed by atoms with E-state index >= 15 is 0 Å². The summed E-state index contributed by atoms with van der Waals surface area (Å²) in [5.41, 5.74) is 1.81. The summed E-state index contributed by atoms with van der Waals surface area (Å²) >= 11 is 0. The number of hydrogen-bond donors (Lipinski definition) is 2. The van der Waals surface area contributed by atoms with E-state index in [1.54, 1.807) is 0 Å². The maximum absolute atomic E-state index is 11.6. The van der Waals surface area contributed by atoms with Gasteiger partial charge in [-0.3, -0.25) is 0 Å². The molecule has 0 spiro atoms. The quantitative estimate of drug-likeness (QED) is 0.858. The summed E-state index contributed by atoms with van der Waals surface area (Å²) in [4.78, 5) is 11.6. The summed E-state index contributed by atoms with van der Waals surface area (Å²) in [6.07, 6.45) is 0.893. The van der Waals surface area contributed by atoms with Crippen LogP contribution in [-0.4, -0.2) is 23.3 Å². The van der Waals surface area contributed by atoms with E-state index in [9.17, 15) is 9.90 Å². The molecule has 1 aromatic carbocycles. The van der Waals surface area contributed by atoms with Gasteiger partial charge in [0, 0.05) is 6.04 Å². The number of ether oxygens (including phenoxy) is 1. The van der Waals surface area contributed by atoms with Crippen molar-refractivity contribution >= 4 is 6.09 Å². The molecule has 1 aromatic rings. The Hall–Kier alpha value is -1.55. The van der Waals surface area contributed by atoms with Crippen LogP contribution in [0.5, 0.6) is 0 Å². The lowest BCUT2D eigenvalue weighted by molar-refractivity contribution is -0.000739. The molecule has 4 nitrogen and oxygen atoms in total. The summed E-state index contributed by atoms with van der Waals surface area (Å²) < 4.78 is 5.32. The number of amides is 1. The molecule has 0 aliphatic heterocycles. The fraction of sp³-hybridized carbons (Fsp3) is 0.533. The Morgan fingerprint density at radius 3 is 2.74 bits per heavy atom. The van der Waals surface area contributed by atoms with Gasteiger partial charge in [0.05, 0.1) is 0 Å². The summed E-state index contributed by atoms with van der Waals surface area (Å²) in [7, 11) is 0. The van der Waals surface area contributed by atoms with Gasteiger partial charge in [-0.2, -0.15) is 0 Å². The van der Waals surface area contributed by atoms with E-state index in [4.69, 9.17) is 4.74 Å². The van der Waals surface area contributed by atoms with Crippen LogP contribution in [-0.2, 0) is 4.74 Å². The third kappa shape index (κ3) is 3.70. The van der Waals surface area contributed by atoms with Gasteiger partial charge < -0.3 is 15.2 Å². The predicted octanol–water partition coefficient (Wildman–Crippen LogP) is 2.70. The monoisotopic (exact) mass is 263 g/mol. The van der Waals surface area contributed by atoms with Crippen LogP contribution in [0.15, 0.2) is 24.3 Å². The van der Waals surface area contributed by atoms with Gasteiger partial charge in [-0.1, -0.05) is 31.2 Å². The van der Waals surface area contributed by atoms with E-state index in [0.717, 1.165) is 24.0 Å². The maximum atomic E-state index is 11.6. The smallest absolute Gasteiger partial charge is 0.407 e. The van der Waals surface area contributed by atoms with Crippen molar-refractivity contribution in [3.8, 4) is 0 Å². The molecule has 0 unspecified atom stereocenters. The van der Waals surface area contributed by atoms with Crippen molar-refractivity contribution in [2.75, 3.05) is 0 Å². The zero-order valence-electron chi connectivity index (χ0n) is 11.4. The summed E-state index contributed by atoms with van der Waals surface area (Å²) in [6.45, 7) is 3.84. The Morgan fingerprint density at radius 2 is 2.16 bits per heavy atom. The second-order valence-corrected chi connectivity index (χ2v) is 5.07. The molecule has 19 heavy (non-hydrogen) atoms. The Balaban J connectivity index is 1.99. The third-order valence-electron chi connectivity index (χ3n) is 3.42. The minimum Gasteiger partial charge on any atom is -0.443 e. The zero-order valence-corrected chi connectivity index (χ0v) is 11.4. The van der Waals surface area contributed by atoms with Gasteiger partial charge in [0.1, 0.15) is 12.2 Å². The highest BCUT2D eigenvalue weighted by Crippen LogP contribution is 2.25. The van der Waals surface area contributed by atoms with Crippen molar-refractivity contribution < 1.29 is 14.6 Å². The van der Waals surface area contributed by atoms with E-state index in [1.807, 2.05) is 38.1 Å². The second kappa shape index (κ2) is 6.06. The number of alkyl carbamates (subject to hydrolysis) is 1. The molecular weight excluding hydrogens is 242 g/mol. The number of benzene rings is 1. The van der Waals surface area contributed by atoms with E-state index in [2.05, 4.69) is 5.32 Å². The van der Waals surface area contributed by atoms with Gasteiger partial charge >= 0.3 is 6.09 Å². The Bertz CT molecular complexity index is 443. The fourth-order valence-electron chi connectivity index (χ4n) is 2.06. The molecule has 0 bridgehead atoms. The van der Waals surface area contributed by atoms with Crippen LogP contribution in [0.3, 0.4) is 0 Å². The van der Waals surface area contributed by atoms with Crippen molar-refractivity contribution in [3.63, 3.8) is 0 Å². The van der Waals surface area contributed by atoms with Crippen molar-refractivity contribution in [1.82, 2.24) is 5.32 Å². The maximum Gasteiger partial charge on any atom is 0.407 e. The molecule has 2 N–H and O–H groups in total. The highest BCUT2D eigenvalue weighted by Gasteiger charge is 2.28. The van der Waals surface area contributed by atoms with E-state index < -0.39 is 18.3 Å². The van der Waals surface area contributed by atoms with Crippen molar-refractivity contribution in [3.05, 3.63) is 35.4 Å². The van der Waals surface area contributed by atoms with Crippen LogP contribution >= 0.6 is 0 Å². The zero-order chi connectivity index (χ0) is 13.8. The number of rotatable bonds is 5. The molecular formula is C15H21NO3. The SMILES string of the molecule is CC[C@H](OC(=O)NC1CC1)[C@@H](O)c1ccccc1C. The first-order valence-corrected chi connectivity index (χ1v) is 6.82. The predicted molar refractivity (Wildman–Crippen MR) is 72.9 cm³/mol. The number of nitrogens with one attached hydrogen (secondary N) is 1. The minimum atomic E-state index is -0.781. The first kappa shape index (κ1) is 13.9. The van der Waals surface area contributed by atoms with Crippen molar-refractivity contribution in [1.29, 1.82) is 0 Å². The van der Waals surface area contributed by atoms with Gasteiger partial charge in [0.2, 0.25) is 0 Å². The standard InChI is InChI=1S/C15H21NO3/c1-3-13(19-15(18)16-11-8-9-11)14(17)12-7-5-4-6-10(12)2/h4-7,11,13-14,17H,3,8-9H2,1-2H3,(H,16,18)/t13-,14-/m0/s1. The summed E-state index contributed by atoms with van der Waals surface area (Å²) in [5, 5.41) is 13.1. The number of carbonyl (C=O) groups is 1. The molecule has 0 saturated heterocycles. The van der Waals surface area contributed by atoms with Gasteiger partial charge in [-0.05, 0) is 37.3 Å². The number of hydrogen-bond acceptors (Lipinski definition) is 3. The fourth-order valence-corrected chi connectivity index (χ4v) is 2.06. The van der Waals surface area contributed by atoms with E-state index in [1.165, 1.54) is 0 Å². The lowest BCUT2D eigenvalue weighted by Gasteiger charge is -2.23. The molecule has 0 radical (unpaired) electrons. The lowest BCUT2D eigenvalue weighted by Crippen LogP contribution is -2.33. The summed E-state index contributed by atoms with van der Waals surface area (Å²) in [5.74, 6) is 0. The molecule has 104 valence electrons. The van der Waals surface area contributed by atoms with E-state index in [0.29, 0.717) is 6.42 Å². The molecule has 1 aliphatic carbocycles. The minimum absolute atomic E-state index is 0.264. The van der Waals surface area contributed by atoms with Crippen molar-refractivity contribution in [2.45, 2.75) is 51.4 Å². The molecule has 1 amide bonds. The van der Waals surface area contributed by atoms with Gasteiger partial charge in [0.25, 0.3) is 0 Å². The normalized spacial score (nSPS) is 17.6. The highest BCUT2D eigenvalue weighted by molar-refractivity contribution is 5.68. The van der Waals surface area contributed by atoms with Crippen LogP contribution in [0.25, 0.3) is 0 Å². The Labute approximate surface area is 113 Å². The number of aliphatic hydroxyl groups excluding tert-OH is 1. The molecule has 2 rings (SSSR count). The second-order valence-electron chi connectivity index (χ2n) is 5.07. The van der Waals surface area contributed by atoms with Crippen LogP contribution in [0.4, 0.5) is 4.79 Å². The topological polar surface area (TPSA) is 58.6 Å². The number of carbonyl (C=O) groups excluding carboxylic acids is 1. The molecule has 1 saturated carbocycles. The Morgan fingerprint density at radius 1 is 1.47 bits per heavy atom. The average molecular weight is 263 g/mol. The molecule has 2 atom stereocenters. The molecule has 0 heterocycles. The average Bonchev–Trinajstić information content (AvgIpc) is 3.19. The van der Waals surface area contributed by atoms with Crippen LogP contribution in [0.2, 0.25) is 0 Å². The van der Waals surface area contributed by atoms with Crippen LogP contribution < -0.4 is 5.32 Å². The Kier molecular flexibility index (Phi) is 4.43. The highest BCUT2D eigenvalue weighted by atomic mass is 16.6. The van der Waals surface area contributed by atoms with Gasteiger partial charge in [-0.15, -0.1) is 0 Å². The lowest BCUT2D eigenvalue weighted by atomic mass is 9.98. The number of aryl methyl sites for hydroxylation is 1. The third-order valence-corrected chi connectivity index (χ3v) is 3.42. The van der Waals surface area contributed by atoms with Gasteiger partial charge in [0.15, 0.2) is 0 Å². The van der Waals surface area contributed by atoms with Crippen LogP contribution in [0, 0.1) is 6.92 Å². The summed E-state index contributed by atoms with van der Waals surface area (Å²) in [6, 6.07) is 7.87. The first-order valence-electron chi connectivity index (χ1n) is 6.82. The molecule has 1 fully saturated rings. The van der Waals surface area contributed by atoms with Crippen LogP contribution in [0.1, 0.15) is 43.4 Å². The molecule has 4 heteroatoms. The first-order chi connectivity index (χ1) is 9.11. The van der Waals surface area contributed by atoms with Gasteiger partial charge in [-0.25, -0.2) is 4.79 Å². The van der Waals surface area contributed by atoms with Crippen molar-refractivity contribution in [2.24, 2.45) is 0 Å². The molecule has 1 aliphatic rings. The largest absolute Gasteiger partial charge is 0.443 e. The number of aliphatic hydroxyl groups is 1.